The van der Waals surface area contributed by atoms with E-state index in [4.69, 9.17) is 10.5 Å². The van der Waals surface area contributed by atoms with Crippen molar-refractivity contribution >= 4 is 5.91 Å². The number of nitrogens with one attached hydrogen (secondary N) is 1. The standard InChI is InChI=1S/C13H27N3O2/c1-4-16(9-10-18-3)8-7-13(2,12(14)17)15-11-5-6-11/h11,15H,4-10H2,1-3H3,(H2,14,17). The van der Waals surface area contributed by atoms with Gasteiger partial charge in [0, 0.05) is 26.2 Å². The van der Waals surface area contributed by atoms with E-state index >= 15 is 0 Å². The molecule has 0 heterocycles. The van der Waals surface area contributed by atoms with Gasteiger partial charge in [0.2, 0.25) is 5.91 Å². The summed E-state index contributed by atoms with van der Waals surface area (Å²) in [5, 5.41) is 3.37. The molecule has 1 fully saturated rings. The van der Waals surface area contributed by atoms with Gasteiger partial charge in [0.05, 0.1) is 12.1 Å². The zero-order chi connectivity index (χ0) is 13.6. The van der Waals surface area contributed by atoms with Crippen molar-refractivity contribution in [3.05, 3.63) is 0 Å². The Hall–Kier alpha value is -0.650. The molecule has 0 spiro atoms. The van der Waals surface area contributed by atoms with Crippen LogP contribution in [0.1, 0.15) is 33.1 Å². The molecule has 5 heteroatoms. The molecule has 0 bridgehead atoms. The number of carbonyl (C=O) groups excluding carboxylic acids is 1. The van der Waals surface area contributed by atoms with Crippen LogP contribution in [-0.4, -0.2) is 55.7 Å². The Balaban J connectivity index is 2.41. The molecule has 0 aromatic carbocycles. The third-order valence-electron chi connectivity index (χ3n) is 3.63. The first kappa shape index (κ1) is 15.4. The van der Waals surface area contributed by atoms with E-state index in [1.807, 2.05) is 6.92 Å². The first-order valence-electron chi connectivity index (χ1n) is 6.80. The van der Waals surface area contributed by atoms with Gasteiger partial charge in [-0.15, -0.1) is 0 Å². The number of ether oxygens (including phenoxy) is 1. The van der Waals surface area contributed by atoms with Crippen molar-refractivity contribution in [3.63, 3.8) is 0 Å². The number of nitrogens with two attached hydrogens (primary N) is 1. The fourth-order valence-corrected chi connectivity index (χ4v) is 1.97. The van der Waals surface area contributed by atoms with Crippen molar-refractivity contribution in [3.8, 4) is 0 Å². The SMILES string of the molecule is CCN(CCOC)CCC(C)(NC1CC1)C(N)=O. The van der Waals surface area contributed by atoms with Crippen LogP contribution in [0.4, 0.5) is 0 Å². The largest absolute Gasteiger partial charge is 0.383 e. The molecule has 0 radical (unpaired) electrons. The Morgan fingerprint density at radius 3 is 2.61 bits per heavy atom. The van der Waals surface area contributed by atoms with Crippen LogP contribution in [0.5, 0.6) is 0 Å². The summed E-state index contributed by atoms with van der Waals surface area (Å²) in [6.07, 6.45) is 3.06. The first-order chi connectivity index (χ1) is 8.51. The monoisotopic (exact) mass is 257 g/mol. The topological polar surface area (TPSA) is 67.6 Å². The molecule has 5 nitrogen and oxygen atoms in total. The second-order valence-corrected chi connectivity index (χ2v) is 5.29. The number of methoxy groups -OCH3 is 1. The summed E-state index contributed by atoms with van der Waals surface area (Å²) >= 11 is 0. The van der Waals surface area contributed by atoms with Gasteiger partial charge in [-0.1, -0.05) is 6.92 Å². The highest BCUT2D eigenvalue weighted by Crippen LogP contribution is 2.24. The van der Waals surface area contributed by atoms with Crippen molar-refractivity contribution in [2.45, 2.75) is 44.7 Å². The van der Waals surface area contributed by atoms with Gasteiger partial charge in [0.1, 0.15) is 0 Å². The maximum atomic E-state index is 11.6. The van der Waals surface area contributed by atoms with Crippen molar-refractivity contribution < 1.29 is 9.53 Å². The van der Waals surface area contributed by atoms with Gasteiger partial charge in [-0.05, 0) is 32.7 Å². The van der Waals surface area contributed by atoms with Gasteiger partial charge in [-0.25, -0.2) is 0 Å². The van der Waals surface area contributed by atoms with Crippen molar-refractivity contribution in [2.24, 2.45) is 5.73 Å². The summed E-state index contributed by atoms with van der Waals surface area (Å²) in [6, 6.07) is 0.483. The maximum Gasteiger partial charge on any atom is 0.237 e. The molecule has 1 aliphatic rings. The lowest BCUT2D eigenvalue weighted by atomic mass is 9.96. The van der Waals surface area contributed by atoms with E-state index in [1.165, 1.54) is 0 Å². The number of rotatable bonds is 10. The smallest absolute Gasteiger partial charge is 0.237 e. The quantitative estimate of drug-likeness (QED) is 0.592. The second-order valence-electron chi connectivity index (χ2n) is 5.29. The Kier molecular flexibility index (Phi) is 6.05. The van der Waals surface area contributed by atoms with Crippen LogP contribution in [0.25, 0.3) is 0 Å². The van der Waals surface area contributed by atoms with Crippen LogP contribution in [0.15, 0.2) is 0 Å². The molecule has 3 N–H and O–H groups in total. The molecule has 1 amide bonds. The molecule has 1 saturated carbocycles. The summed E-state index contributed by atoms with van der Waals surface area (Å²) in [7, 11) is 1.70. The predicted octanol–water partition coefficient (Wildman–Crippen LogP) is 0.341. The minimum atomic E-state index is -0.582. The van der Waals surface area contributed by atoms with Crippen molar-refractivity contribution in [1.82, 2.24) is 10.2 Å². The van der Waals surface area contributed by atoms with E-state index < -0.39 is 5.54 Å². The normalized spacial score (nSPS) is 18.9. The van der Waals surface area contributed by atoms with Gasteiger partial charge in [0.15, 0.2) is 0 Å². The second kappa shape index (κ2) is 7.07. The third-order valence-corrected chi connectivity index (χ3v) is 3.63. The van der Waals surface area contributed by atoms with E-state index in [1.54, 1.807) is 7.11 Å². The molecule has 1 atom stereocenters. The summed E-state index contributed by atoms with van der Waals surface area (Å²) in [4.78, 5) is 13.9. The molecular formula is C13H27N3O2. The number of nitrogens with zero attached hydrogens (tertiary/aromatic N) is 1. The van der Waals surface area contributed by atoms with Gasteiger partial charge in [0.25, 0.3) is 0 Å². The number of likely N-dealkylation sites (N-methyl/N-ethyl adjacent to an activating group) is 1. The summed E-state index contributed by atoms with van der Waals surface area (Å²) in [6.45, 7) is 7.46. The number of hydrogen-bond acceptors (Lipinski definition) is 4. The molecule has 0 aromatic heterocycles. The summed E-state index contributed by atoms with van der Waals surface area (Å²) < 4.78 is 5.08. The molecule has 0 aliphatic heterocycles. The minimum Gasteiger partial charge on any atom is -0.383 e. The molecule has 1 aliphatic carbocycles. The van der Waals surface area contributed by atoms with Crippen LogP contribution in [-0.2, 0) is 9.53 Å². The lowest BCUT2D eigenvalue weighted by molar-refractivity contribution is -0.124. The lowest BCUT2D eigenvalue weighted by Gasteiger charge is -2.30. The maximum absolute atomic E-state index is 11.6. The van der Waals surface area contributed by atoms with E-state index in [9.17, 15) is 4.79 Å². The fourth-order valence-electron chi connectivity index (χ4n) is 1.97. The molecular weight excluding hydrogens is 230 g/mol. The molecule has 106 valence electrons. The Morgan fingerprint density at radius 2 is 2.17 bits per heavy atom. The van der Waals surface area contributed by atoms with Crippen molar-refractivity contribution in [2.75, 3.05) is 33.4 Å². The zero-order valence-corrected chi connectivity index (χ0v) is 11.9. The lowest BCUT2D eigenvalue weighted by Crippen LogP contribution is -2.55. The Bertz CT molecular complexity index is 269. The van der Waals surface area contributed by atoms with Gasteiger partial charge in [-0.3, -0.25) is 4.79 Å². The van der Waals surface area contributed by atoms with Gasteiger partial charge >= 0.3 is 0 Å². The molecule has 18 heavy (non-hydrogen) atoms. The summed E-state index contributed by atoms with van der Waals surface area (Å²) in [5.74, 6) is -0.253. The predicted molar refractivity (Wildman–Crippen MR) is 72.4 cm³/mol. The van der Waals surface area contributed by atoms with Crippen LogP contribution in [0, 0.1) is 0 Å². The Labute approximate surface area is 110 Å². The highest BCUT2D eigenvalue weighted by Gasteiger charge is 2.36. The van der Waals surface area contributed by atoms with E-state index in [2.05, 4.69) is 17.1 Å². The highest BCUT2D eigenvalue weighted by atomic mass is 16.5. The molecule has 0 saturated heterocycles. The number of amides is 1. The molecule has 1 unspecified atom stereocenters. The average molecular weight is 257 g/mol. The van der Waals surface area contributed by atoms with Crippen LogP contribution in [0.2, 0.25) is 0 Å². The zero-order valence-electron chi connectivity index (χ0n) is 11.9. The van der Waals surface area contributed by atoms with Crippen LogP contribution >= 0.6 is 0 Å². The first-order valence-corrected chi connectivity index (χ1v) is 6.80. The minimum absolute atomic E-state index is 0.253. The number of carbonyl (C=O) groups is 1. The molecule has 0 aromatic rings. The van der Waals surface area contributed by atoms with E-state index in [0.717, 1.165) is 45.5 Å². The van der Waals surface area contributed by atoms with Crippen molar-refractivity contribution in [1.29, 1.82) is 0 Å². The average Bonchev–Trinajstić information content (AvgIpc) is 3.13. The highest BCUT2D eigenvalue weighted by molar-refractivity contribution is 5.84. The van der Waals surface area contributed by atoms with Crippen LogP contribution < -0.4 is 11.1 Å². The van der Waals surface area contributed by atoms with Crippen LogP contribution in [0.3, 0.4) is 0 Å². The van der Waals surface area contributed by atoms with E-state index in [0.29, 0.717) is 6.04 Å². The number of primary amides is 1. The third kappa shape index (κ3) is 4.92. The van der Waals surface area contributed by atoms with Gasteiger partial charge < -0.3 is 20.7 Å². The van der Waals surface area contributed by atoms with E-state index in [-0.39, 0.29) is 5.91 Å². The van der Waals surface area contributed by atoms with Gasteiger partial charge in [-0.2, -0.15) is 0 Å². The number of hydrogen-bond donors (Lipinski definition) is 2. The fraction of sp³-hybridized carbons (Fsp3) is 0.923. The Morgan fingerprint density at radius 1 is 1.50 bits per heavy atom. The summed E-state index contributed by atoms with van der Waals surface area (Å²) in [5.41, 5.74) is 4.95. The molecule has 1 rings (SSSR count).